The zero-order chi connectivity index (χ0) is 23.0. The van der Waals surface area contributed by atoms with Gasteiger partial charge in [-0.15, -0.1) is 0 Å². The molecular weight excluding hydrogens is 416 g/mol. The van der Waals surface area contributed by atoms with Crippen LogP contribution in [-0.4, -0.2) is 33.2 Å². The molecule has 3 heterocycles. The molecule has 4 rings (SSSR count). The maximum atomic E-state index is 12.8. The molecule has 0 aliphatic rings. The van der Waals surface area contributed by atoms with E-state index in [1.165, 1.54) is 12.5 Å². The van der Waals surface area contributed by atoms with E-state index < -0.39 is 0 Å². The summed E-state index contributed by atoms with van der Waals surface area (Å²) in [5, 5.41) is 9.31. The number of carbonyl (C=O) groups excluding carboxylic acids is 2. The van der Waals surface area contributed by atoms with Crippen molar-refractivity contribution in [3.8, 4) is 0 Å². The first-order chi connectivity index (χ1) is 16.1. The van der Waals surface area contributed by atoms with Crippen LogP contribution in [0.2, 0.25) is 0 Å². The van der Waals surface area contributed by atoms with Gasteiger partial charge < -0.3 is 20.9 Å². The molecule has 8 nitrogen and oxygen atoms in total. The van der Waals surface area contributed by atoms with Crippen LogP contribution in [0.15, 0.2) is 79.4 Å². The molecule has 1 amide bonds. The fourth-order valence-electron chi connectivity index (χ4n) is 3.32. The number of amides is 1. The van der Waals surface area contributed by atoms with E-state index in [-0.39, 0.29) is 11.7 Å². The van der Waals surface area contributed by atoms with Crippen molar-refractivity contribution in [1.29, 1.82) is 0 Å². The second kappa shape index (κ2) is 10.2. The van der Waals surface area contributed by atoms with Gasteiger partial charge in [-0.05, 0) is 60.5 Å². The van der Waals surface area contributed by atoms with Crippen LogP contribution in [-0.2, 0) is 6.42 Å². The van der Waals surface area contributed by atoms with Crippen molar-refractivity contribution >= 4 is 34.6 Å². The molecule has 4 aromatic rings. The Morgan fingerprint density at radius 2 is 1.73 bits per heavy atom. The fraction of sp³-hybridized carbons (Fsp3) is 0.120. The number of aromatic nitrogens is 3. The van der Waals surface area contributed by atoms with Gasteiger partial charge in [-0.2, -0.15) is 0 Å². The largest absolute Gasteiger partial charge is 0.385 e. The average molecular weight is 441 g/mol. The fourth-order valence-corrected chi connectivity index (χ4v) is 3.32. The maximum Gasteiger partial charge on any atom is 0.255 e. The summed E-state index contributed by atoms with van der Waals surface area (Å²) in [4.78, 5) is 35.9. The molecule has 0 spiro atoms. The lowest BCUT2D eigenvalue weighted by Crippen LogP contribution is -2.13. The number of rotatable bonds is 9. The van der Waals surface area contributed by atoms with Crippen LogP contribution < -0.4 is 16.0 Å². The first-order valence-corrected chi connectivity index (χ1v) is 10.5. The summed E-state index contributed by atoms with van der Waals surface area (Å²) in [6.45, 7) is 2.22. The lowest BCUT2D eigenvalue weighted by atomic mass is 10.1. The third-order valence-electron chi connectivity index (χ3n) is 5.00. The summed E-state index contributed by atoms with van der Waals surface area (Å²) in [5.74, 6) is 0.100. The Kier molecular flexibility index (Phi) is 6.75. The lowest BCUT2D eigenvalue weighted by Gasteiger charge is -2.08. The van der Waals surface area contributed by atoms with Crippen molar-refractivity contribution in [2.75, 3.05) is 22.5 Å². The number of H-pyrrole nitrogens is 1. The monoisotopic (exact) mass is 440 g/mol. The van der Waals surface area contributed by atoms with E-state index in [2.05, 4.69) is 30.9 Å². The normalized spacial score (nSPS) is 10.5. The molecule has 0 radical (unpaired) electrons. The number of aromatic amines is 1. The van der Waals surface area contributed by atoms with Crippen LogP contribution in [0.1, 0.15) is 33.3 Å². The minimum Gasteiger partial charge on any atom is -0.385 e. The summed E-state index contributed by atoms with van der Waals surface area (Å²) in [7, 11) is 0. The van der Waals surface area contributed by atoms with E-state index in [4.69, 9.17) is 0 Å². The van der Waals surface area contributed by atoms with Crippen molar-refractivity contribution in [2.24, 2.45) is 0 Å². The van der Waals surface area contributed by atoms with Crippen LogP contribution in [0.5, 0.6) is 0 Å². The highest BCUT2D eigenvalue weighted by atomic mass is 16.2. The minimum absolute atomic E-state index is 0.182. The highest BCUT2D eigenvalue weighted by molar-refractivity contribution is 6.09. The van der Waals surface area contributed by atoms with E-state index >= 15 is 0 Å². The van der Waals surface area contributed by atoms with Gasteiger partial charge in [0.25, 0.3) is 5.91 Å². The molecule has 166 valence electrons. The van der Waals surface area contributed by atoms with Gasteiger partial charge >= 0.3 is 0 Å². The Morgan fingerprint density at radius 1 is 0.939 bits per heavy atom. The van der Waals surface area contributed by atoms with Gasteiger partial charge in [0.05, 0.1) is 17.6 Å². The van der Waals surface area contributed by atoms with Gasteiger partial charge in [0.1, 0.15) is 11.5 Å². The van der Waals surface area contributed by atoms with Crippen molar-refractivity contribution in [3.63, 3.8) is 0 Å². The quantitative estimate of drug-likeness (QED) is 0.282. The molecule has 3 aromatic heterocycles. The van der Waals surface area contributed by atoms with Crippen LogP contribution in [0, 0.1) is 0 Å². The molecule has 1 aromatic carbocycles. The topological polar surface area (TPSA) is 112 Å². The number of nitrogens with zero attached hydrogens (tertiary/aromatic N) is 2. The third kappa shape index (κ3) is 5.82. The predicted molar refractivity (Wildman–Crippen MR) is 129 cm³/mol. The zero-order valence-corrected chi connectivity index (χ0v) is 18.1. The lowest BCUT2D eigenvalue weighted by molar-refractivity contribution is 0.101. The van der Waals surface area contributed by atoms with Gasteiger partial charge in [0.2, 0.25) is 0 Å². The molecule has 0 saturated carbocycles. The minimum atomic E-state index is -0.298. The van der Waals surface area contributed by atoms with Crippen LogP contribution in [0.4, 0.5) is 22.9 Å². The Morgan fingerprint density at radius 3 is 2.42 bits per heavy atom. The molecular formula is C25H24N6O2. The van der Waals surface area contributed by atoms with Crippen LogP contribution in [0.25, 0.3) is 0 Å². The first kappa shape index (κ1) is 21.8. The summed E-state index contributed by atoms with van der Waals surface area (Å²) in [6, 6.07) is 16.5. The van der Waals surface area contributed by atoms with Crippen LogP contribution >= 0.6 is 0 Å². The van der Waals surface area contributed by atoms with Crippen molar-refractivity contribution in [1.82, 2.24) is 15.0 Å². The van der Waals surface area contributed by atoms with E-state index in [0.29, 0.717) is 22.8 Å². The maximum absolute atomic E-state index is 12.8. The van der Waals surface area contributed by atoms with E-state index in [9.17, 15) is 9.59 Å². The average Bonchev–Trinajstić information content (AvgIpc) is 3.23. The predicted octanol–water partition coefficient (Wildman–Crippen LogP) is 4.66. The highest BCUT2D eigenvalue weighted by Crippen LogP contribution is 2.24. The third-order valence-corrected chi connectivity index (χ3v) is 5.00. The van der Waals surface area contributed by atoms with Crippen molar-refractivity contribution < 1.29 is 9.59 Å². The molecule has 4 N–H and O–H groups in total. The molecule has 0 aliphatic heterocycles. The highest BCUT2D eigenvalue weighted by Gasteiger charge is 2.16. The molecule has 0 unspecified atom stereocenters. The Balaban J connectivity index is 1.38. The number of hydrogen-bond donors (Lipinski definition) is 4. The molecule has 8 heteroatoms. The Bertz CT molecular complexity index is 1220. The molecule has 0 bridgehead atoms. The Labute approximate surface area is 191 Å². The van der Waals surface area contributed by atoms with E-state index in [1.54, 1.807) is 49.1 Å². The second-order valence-corrected chi connectivity index (χ2v) is 7.46. The summed E-state index contributed by atoms with van der Waals surface area (Å²) < 4.78 is 0. The van der Waals surface area contributed by atoms with Crippen molar-refractivity contribution in [2.45, 2.75) is 13.3 Å². The smallest absolute Gasteiger partial charge is 0.255 e. The summed E-state index contributed by atoms with van der Waals surface area (Å²) in [6.07, 6.45) is 7.78. The molecule has 33 heavy (non-hydrogen) atoms. The number of benzene rings is 1. The van der Waals surface area contributed by atoms with Gasteiger partial charge in [0.15, 0.2) is 5.78 Å². The number of carbonyl (C=O) groups is 2. The van der Waals surface area contributed by atoms with E-state index in [0.717, 1.165) is 24.3 Å². The van der Waals surface area contributed by atoms with E-state index in [1.807, 2.05) is 30.3 Å². The van der Waals surface area contributed by atoms with Crippen molar-refractivity contribution in [3.05, 3.63) is 96.2 Å². The molecule has 0 fully saturated rings. The summed E-state index contributed by atoms with van der Waals surface area (Å²) in [5.41, 5.74) is 4.13. The number of nitrogens with one attached hydrogen (secondary N) is 4. The SMILES string of the molecule is CC(=O)c1[nH]c(Nc2cccnc2)cc1NC(=O)c1ccc(NCCc2ccncc2)cc1. The molecule has 0 saturated heterocycles. The van der Waals surface area contributed by atoms with Gasteiger partial charge in [-0.3, -0.25) is 19.6 Å². The van der Waals surface area contributed by atoms with Crippen LogP contribution in [0.3, 0.4) is 0 Å². The second-order valence-electron chi connectivity index (χ2n) is 7.46. The summed E-state index contributed by atoms with van der Waals surface area (Å²) >= 11 is 0. The van der Waals surface area contributed by atoms with Gasteiger partial charge in [-0.1, -0.05) is 0 Å². The molecule has 0 aliphatic carbocycles. The van der Waals surface area contributed by atoms with Gasteiger partial charge in [-0.25, -0.2) is 0 Å². The first-order valence-electron chi connectivity index (χ1n) is 10.5. The molecule has 0 atom stereocenters. The number of ketones is 1. The standard InChI is InChI=1S/C25H24N6O2/c1-17(32)24-22(15-23(31-24)29-21-3-2-11-27-16-21)30-25(33)19-4-6-20(7-5-19)28-14-10-18-8-12-26-13-9-18/h2-9,11-13,15-16,28-29,31H,10,14H2,1H3,(H,30,33). The number of Topliss-reactive ketones (excluding diaryl/α,β-unsaturated/α-hetero) is 1. The zero-order valence-electron chi connectivity index (χ0n) is 18.1. The van der Waals surface area contributed by atoms with Gasteiger partial charge in [0, 0.05) is 49.4 Å². The number of hydrogen-bond acceptors (Lipinski definition) is 6. The number of anilines is 4. The number of pyridine rings is 2. The Hall–Kier alpha value is -4.46.